The number of amides is 1. The van der Waals surface area contributed by atoms with E-state index in [1.165, 1.54) is 6.07 Å². The minimum absolute atomic E-state index is 0.00465. The lowest BCUT2D eigenvalue weighted by molar-refractivity contribution is -0.139. The molecule has 3 aromatic rings. The lowest BCUT2D eigenvalue weighted by atomic mass is 9.95. The molecule has 37 heavy (non-hydrogen) atoms. The van der Waals surface area contributed by atoms with Crippen molar-refractivity contribution in [3.63, 3.8) is 0 Å². The Kier molecular flexibility index (Phi) is 7.14. The molecule has 0 saturated heterocycles. The summed E-state index contributed by atoms with van der Waals surface area (Å²) in [7, 11) is -3.93. The van der Waals surface area contributed by atoms with Crippen LogP contribution in [0.25, 0.3) is 16.8 Å². The third kappa shape index (κ3) is 5.39. The Bertz CT molecular complexity index is 1520. The molecule has 4 rings (SSSR count). The van der Waals surface area contributed by atoms with Crippen LogP contribution in [0.5, 0.6) is 0 Å². The summed E-state index contributed by atoms with van der Waals surface area (Å²) in [6, 6.07) is 18.4. The largest absolute Gasteiger partial charge is 0.396 e. The fraction of sp³-hybridized carbons (Fsp3) is 0.154. The Labute approximate surface area is 214 Å². The van der Waals surface area contributed by atoms with Crippen molar-refractivity contribution in [2.75, 3.05) is 11.9 Å². The number of aliphatic hydroxyl groups is 1. The van der Waals surface area contributed by atoms with Crippen LogP contribution in [-0.2, 0) is 19.7 Å². The SMILES string of the molecule is Cc1cc(-c2ccccc2S(N)(=O)=O)ccc1NC(=O)C1(CCO)C=C(c2cccc(C(=N)N)c2)NO1. The quantitative estimate of drug-likeness (QED) is 0.194. The third-order valence-electron chi connectivity index (χ3n) is 6.05. The minimum Gasteiger partial charge on any atom is -0.396 e. The minimum atomic E-state index is -3.93. The summed E-state index contributed by atoms with van der Waals surface area (Å²) in [4.78, 5) is 19.1. The van der Waals surface area contributed by atoms with Gasteiger partial charge in [0.2, 0.25) is 10.0 Å². The summed E-state index contributed by atoms with van der Waals surface area (Å²) in [5, 5.41) is 25.5. The number of aliphatic hydroxyl groups excluding tert-OH is 1. The van der Waals surface area contributed by atoms with Gasteiger partial charge >= 0.3 is 0 Å². The van der Waals surface area contributed by atoms with Gasteiger partial charge in [0.1, 0.15) is 5.84 Å². The number of amidine groups is 1. The molecule has 0 fully saturated rings. The lowest BCUT2D eigenvalue weighted by Gasteiger charge is -2.24. The van der Waals surface area contributed by atoms with Crippen molar-refractivity contribution in [2.45, 2.75) is 23.8 Å². The molecule has 0 saturated carbocycles. The Morgan fingerprint density at radius 1 is 1.11 bits per heavy atom. The average molecular weight is 522 g/mol. The lowest BCUT2D eigenvalue weighted by Crippen LogP contribution is -2.44. The number of hydrogen-bond acceptors (Lipinski definition) is 7. The maximum absolute atomic E-state index is 13.4. The summed E-state index contributed by atoms with van der Waals surface area (Å²) in [5.41, 5.74) is 10.8. The fourth-order valence-electron chi connectivity index (χ4n) is 4.10. The first-order valence-electron chi connectivity index (χ1n) is 11.3. The number of carbonyl (C=O) groups is 1. The maximum Gasteiger partial charge on any atom is 0.263 e. The molecular weight excluding hydrogens is 494 g/mol. The number of carbonyl (C=O) groups excluding carboxylic acids is 1. The van der Waals surface area contributed by atoms with Gasteiger partial charge in [0, 0.05) is 35.4 Å². The third-order valence-corrected chi connectivity index (χ3v) is 7.02. The van der Waals surface area contributed by atoms with Gasteiger partial charge in [0.15, 0.2) is 5.60 Å². The number of benzene rings is 3. The van der Waals surface area contributed by atoms with Crippen LogP contribution in [0.4, 0.5) is 5.69 Å². The highest BCUT2D eigenvalue weighted by atomic mass is 32.2. The number of aryl methyl sites for hydroxylation is 1. The Hall–Kier alpha value is -4.03. The Balaban J connectivity index is 1.62. The zero-order valence-corrected chi connectivity index (χ0v) is 20.8. The second-order valence-electron chi connectivity index (χ2n) is 8.64. The molecule has 0 radical (unpaired) electrons. The molecule has 1 unspecified atom stereocenters. The maximum atomic E-state index is 13.4. The summed E-state index contributed by atoms with van der Waals surface area (Å²) >= 11 is 0. The smallest absolute Gasteiger partial charge is 0.263 e. The fourth-order valence-corrected chi connectivity index (χ4v) is 4.86. The molecule has 3 aromatic carbocycles. The van der Waals surface area contributed by atoms with E-state index < -0.39 is 21.5 Å². The number of nitrogen functional groups attached to an aromatic ring is 1. The van der Waals surface area contributed by atoms with Gasteiger partial charge in [-0.3, -0.25) is 20.5 Å². The van der Waals surface area contributed by atoms with Crippen LogP contribution >= 0.6 is 0 Å². The van der Waals surface area contributed by atoms with Crippen molar-refractivity contribution in [1.82, 2.24) is 5.48 Å². The summed E-state index contributed by atoms with van der Waals surface area (Å²) < 4.78 is 24.0. The van der Waals surface area contributed by atoms with Crippen LogP contribution in [0.3, 0.4) is 0 Å². The molecule has 0 bridgehead atoms. The summed E-state index contributed by atoms with van der Waals surface area (Å²) in [6.07, 6.45) is 1.57. The number of anilines is 1. The zero-order chi connectivity index (χ0) is 26.8. The van der Waals surface area contributed by atoms with Crippen LogP contribution in [-0.4, -0.2) is 37.5 Å². The first-order chi connectivity index (χ1) is 17.5. The van der Waals surface area contributed by atoms with Crippen molar-refractivity contribution in [1.29, 1.82) is 5.41 Å². The number of nitrogens with two attached hydrogens (primary N) is 2. The molecule has 0 aliphatic carbocycles. The van der Waals surface area contributed by atoms with Gasteiger partial charge in [-0.05, 0) is 48.4 Å². The number of hydrogen-bond donors (Lipinski definition) is 6. The number of rotatable bonds is 8. The van der Waals surface area contributed by atoms with E-state index >= 15 is 0 Å². The van der Waals surface area contributed by atoms with Crippen molar-refractivity contribution in [2.24, 2.45) is 10.9 Å². The van der Waals surface area contributed by atoms with Crippen molar-refractivity contribution in [3.05, 3.63) is 89.5 Å². The molecular formula is C26H27N5O5S. The van der Waals surface area contributed by atoms with Gasteiger partial charge in [-0.1, -0.05) is 42.5 Å². The second kappa shape index (κ2) is 10.1. The Morgan fingerprint density at radius 3 is 2.54 bits per heavy atom. The number of primary sulfonamides is 1. The van der Waals surface area contributed by atoms with Crippen LogP contribution < -0.4 is 21.7 Å². The first-order valence-corrected chi connectivity index (χ1v) is 12.9. The van der Waals surface area contributed by atoms with E-state index in [4.69, 9.17) is 21.1 Å². The van der Waals surface area contributed by atoms with E-state index in [0.717, 1.165) is 0 Å². The van der Waals surface area contributed by atoms with Crippen molar-refractivity contribution < 1.29 is 23.2 Å². The van der Waals surface area contributed by atoms with Crippen LogP contribution in [0, 0.1) is 12.3 Å². The van der Waals surface area contributed by atoms with Crippen LogP contribution in [0.15, 0.2) is 77.7 Å². The summed E-state index contributed by atoms with van der Waals surface area (Å²) in [5.74, 6) is -0.598. The van der Waals surface area contributed by atoms with Gasteiger partial charge in [-0.2, -0.15) is 0 Å². The molecule has 11 heteroatoms. The molecule has 192 valence electrons. The average Bonchev–Trinajstić information content (AvgIpc) is 3.30. The highest BCUT2D eigenvalue weighted by Gasteiger charge is 2.43. The van der Waals surface area contributed by atoms with Gasteiger partial charge in [0.05, 0.1) is 10.6 Å². The molecule has 1 aliphatic rings. The number of nitrogens with one attached hydrogen (secondary N) is 3. The van der Waals surface area contributed by atoms with E-state index in [2.05, 4.69) is 10.8 Å². The van der Waals surface area contributed by atoms with Crippen molar-refractivity contribution >= 4 is 33.2 Å². The van der Waals surface area contributed by atoms with E-state index in [1.807, 2.05) is 0 Å². The summed E-state index contributed by atoms with van der Waals surface area (Å²) in [6.45, 7) is 1.47. The van der Waals surface area contributed by atoms with E-state index in [0.29, 0.717) is 39.2 Å². The van der Waals surface area contributed by atoms with Crippen LogP contribution in [0.1, 0.15) is 23.1 Å². The topological polar surface area (TPSA) is 181 Å². The standard InChI is InChI=1S/C26H27N5O5S/c1-16-13-17(20-7-2-3-8-23(20)37(29,34)35)9-10-21(16)30-25(33)26(11-12-32)15-22(31-36-26)18-5-4-6-19(14-18)24(27)28/h2-10,13-15,31-32H,11-12H2,1H3,(H3,27,28)(H,30,33)(H2,29,34,35). The molecule has 1 atom stereocenters. The molecule has 0 aromatic heterocycles. The van der Waals surface area contributed by atoms with Gasteiger partial charge in [0.25, 0.3) is 5.91 Å². The van der Waals surface area contributed by atoms with Gasteiger partial charge < -0.3 is 16.2 Å². The molecule has 1 heterocycles. The van der Waals surface area contributed by atoms with Crippen LogP contribution in [0.2, 0.25) is 0 Å². The Morgan fingerprint density at radius 2 is 1.86 bits per heavy atom. The molecule has 0 spiro atoms. The van der Waals surface area contributed by atoms with E-state index in [-0.39, 0.29) is 23.8 Å². The van der Waals surface area contributed by atoms with E-state index in [9.17, 15) is 18.3 Å². The second-order valence-corrected chi connectivity index (χ2v) is 10.2. The molecule has 8 N–H and O–H groups in total. The van der Waals surface area contributed by atoms with E-state index in [1.54, 1.807) is 73.7 Å². The molecule has 10 nitrogen and oxygen atoms in total. The highest BCUT2D eigenvalue weighted by molar-refractivity contribution is 7.89. The predicted molar refractivity (Wildman–Crippen MR) is 141 cm³/mol. The predicted octanol–water partition coefficient (Wildman–Crippen LogP) is 2.23. The van der Waals surface area contributed by atoms with Gasteiger partial charge in [-0.25, -0.2) is 13.6 Å². The highest BCUT2D eigenvalue weighted by Crippen LogP contribution is 2.33. The monoisotopic (exact) mass is 521 g/mol. The van der Waals surface area contributed by atoms with Gasteiger partial charge in [-0.15, -0.1) is 0 Å². The first kappa shape index (κ1) is 26.0. The van der Waals surface area contributed by atoms with Crippen molar-refractivity contribution in [3.8, 4) is 11.1 Å². The molecule has 1 amide bonds. The normalized spacial score (nSPS) is 17.1. The number of hydroxylamine groups is 1. The number of sulfonamides is 1. The zero-order valence-electron chi connectivity index (χ0n) is 20.0. The molecule has 1 aliphatic heterocycles.